The maximum atomic E-state index is 5.34. The molecule has 1 N–H and O–H groups in total. The van der Waals surface area contributed by atoms with Gasteiger partial charge in [0.05, 0.1) is 11.2 Å². The van der Waals surface area contributed by atoms with Crippen molar-refractivity contribution in [2.75, 3.05) is 6.54 Å². The minimum atomic E-state index is 0.376. The smallest absolute Gasteiger partial charge is 0.114 e. The van der Waals surface area contributed by atoms with Gasteiger partial charge in [-0.2, -0.15) is 0 Å². The quantitative estimate of drug-likeness (QED) is 0.735. The molecule has 0 aliphatic rings. The van der Waals surface area contributed by atoms with E-state index in [1.165, 1.54) is 10.5 Å². The summed E-state index contributed by atoms with van der Waals surface area (Å²) in [6.07, 6.45) is 2.88. The van der Waals surface area contributed by atoms with E-state index in [4.69, 9.17) is 4.42 Å². The standard InChI is InChI=1S/C16H20BrNOS/c1-4-8-18-11(2)13-5-6-16(14(17)10-13)20-15-7-9-19-12(15)3/h5-7,9-11,18H,4,8H2,1-3H3. The van der Waals surface area contributed by atoms with Gasteiger partial charge in [0, 0.05) is 15.4 Å². The highest BCUT2D eigenvalue weighted by Crippen LogP contribution is 2.36. The van der Waals surface area contributed by atoms with Crippen molar-refractivity contribution in [2.45, 2.75) is 43.0 Å². The third-order valence-electron chi connectivity index (χ3n) is 3.19. The number of hydrogen-bond donors (Lipinski definition) is 1. The molecule has 0 saturated heterocycles. The molecule has 0 radical (unpaired) electrons. The molecule has 1 aromatic carbocycles. The topological polar surface area (TPSA) is 25.2 Å². The summed E-state index contributed by atoms with van der Waals surface area (Å²) in [5, 5.41) is 3.51. The summed E-state index contributed by atoms with van der Waals surface area (Å²) < 4.78 is 6.47. The molecule has 0 saturated carbocycles. The van der Waals surface area contributed by atoms with Crippen molar-refractivity contribution in [1.82, 2.24) is 5.32 Å². The maximum Gasteiger partial charge on any atom is 0.114 e. The molecule has 2 rings (SSSR count). The summed E-state index contributed by atoms with van der Waals surface area (Å²) >= 11 is 5.40. The van der Waals surface area contributed by atoms with Crippen molar-refractivity contribution in [2.24, 2.45) is 0 Å². The lowest BCUT2D eigenvalue weighted by atomic mass is 10.1. The van der Waals surface area contributed by atoms with Crippen molar-refractivity contribution in [3.05, 3.63) is 46.3 Å². The SMILES string of the molecule is CCCNC(C)c1ccc(Sc2ccoc2C)c(Br)c1. The number of hydrogen-bond acceptors (Lipinski definition) is 3. The Morgan fingerprint density at radius 1 is 1.30 bits per heavy atom. The highest BCUT2D eigenvalue weighted by Gasteiger charge is 2.10. The predicted octanol–water partition coefficient (Wildman–Crippen LogP) is 5.56. The van der Waals surface area contributed by atoms with Gasteiger partial charge in [0.15, 0.2) is 0 Å². The fourth-order valence-corrected chi connectivity index (χ4v) is 3.43. The Morgan fingerprint density at radius 2 is 2.10 bits per heavy atom. The number of furan rings is 1. The van der Waals surface area contributed by atoms with E-state index in [0.29, 0.717) is 6.04 Å². The fourth-order valence-electron chi connectivity index (χ4n) is 1.95. The summed E-state index contributed by atoms with van der Waals surface area (Å²) in [5.74, 6) is 0.962. The Bertz CT molecular complexity index is 567. The highest BCUT2D eigenvalue weighted by molar-refractivity contribution is 9.10. The Kier molecular flexibility index (Phi) is 5.75. The molecule has 0 aliphatic heterocycles. The lowest BCUT2D eigenvalue weighted by molar-refractivity contribution is 0.527. The average molecular weight is 354 g/mol. The molecule has 20 heavy (non-hydrogen) atoms. The largest absolute Gasteiger partial charge is 0.468 e. The van der Waals surface area contributed by atoms with E-state index >= 15 is 0 Å². The van der Waals surface area contributed by atoms with E-state index in [-0.39, 0.29) is 0 Å². The summed E-state index contributed by atoms with van der Waals surface area (Å²) in [5.41, 5.74) is 1.30. The molecule has 4 heteroatoms. The van der Waals surface area contributed by atoms with Gasteiger partial charge >= 0.3 is 0 Å². The molecule has 0 fully saturated rings. The molecule has 0 spiro atoms. The van der Waals surface area contributed by atoms with Crippen LogP contribution in [0.3, 0.4) is 0 Å². The van der Waals surface area contributed by atoms with Crippen molar-refractivity contribution >= 4 is 27.7 Å². The maximum absolute atomic E-state index is 5.34. The molecule has 2 nitrogen and oxygen atoms in total. The van der Waals surface area contributed by atoms with Crippen LogP contribution in [0.1, 0.15) is 37.6 Å². The lowest BCUT2D eigenvalue weighted by Gasteiger charge is -2.15. The molecule has 0 amide bonds. The number of halogens is 1. The Balaban J connectivity index is 2.11. The second-order valence-electron chi connectivity index (χ2n) is 4.81. The van der Waals surface area contributed by atoms with Crippen molar-refractivity contribution in [3.63, 3.8) is 0 Å². The van der Waals surface area contributed by atoms with Crippen LogP contribution in [0.25, 0.3) is 0 Å². The first-order valence-corrected chi connectivity index (χ1v) is 8.47. The van der Waals surface area contributed by atoms with E-state index in [0.717, 1.165) is 28.1 Å². The van der Waals surface area contributed by atoms with E-state index in [9.17, 15) is 0 Å². The van der Waals surface area contributed by atoms with Crippen LogP contribution < -0.4 is 5.32 Å². The fraction of sp³-hybridized carbons (Fsp3) is 0.375. The first-order chi connectivity index (χ1) is 9.61. The summed E-state index contributed by atoms with van der Waals surface area (Å²) in [6.45, 7) is 7.41. The van der Waals surface area contributed by atoms with Gasteiger partial charge in [0.25, 0.3) is 0 Å². The van der Waals surface area contributed by atoms with Gasteiger partial charge in [-0.25, -0.2) is 0 Å². The van der Waals surface area contributed by atoms with Crippen molar-refractivity contribution in [3.8, 4) is 0 Å². The summed E-state index contributed by atoms with van der Waals surface area (Å²) in [4.78, 5) is 2.37. The molecular weight excluding hydrogens is 334 g/mol. The Labute approximate surface area is 133 Å². The monoisotopic (exact) mass is 353 g/mol. The van der Waals surface area contributed by atoms with Gasteiger partial charge < -0.3 is 9.73 Å². The van der Waals surface area contributed by atoms with Crippen LogP contribution >= 0.6 is 27.7 Å². The van der Waals surface area contributed by atoms with Gasteiger partial charge in [-0.05, 0) is 66.5 Å². The second-order valence-corrected chi connectivity index (χ2v) is 6.75. The normalized spacial score (nSPS) is 12.6. The van der Waals surface area contributed by atoms with Crippen LogP contribution in [0.5, 0.6) is 0 Å². The number of benzene rings is 1. The van der Waals surface area contributed by atoms with Gasteiger partial charge in [-0.1, -0.05) is 24.8 Å². The zero-order chi connectivity index (χ0) is 14.5. The second kappa shape index (κ2) is 7.34. The van der Waals surface area contributed by atoms with E-state index < -0.39 is 0 Å². The van der Waals surface area contributed by atoms with Crippen LogP contribution in [0.4, 0.5) is 0 Å². The van der Waals surface area contributed by atoms with Gasteiger partial charge in [0.2, 0.25) is 0 Å². The number of nitrogens with one attached hydrogen (secondary N) is 1. The molecule has 2 aromatic rings. The Hall–Kier alpha value is -0.710. The first-order valence-electron chi connectivity index (χ1n) is 6.86. The number of aryl methyl sites for hydroxylation is 1. The molecule has 1 heterocycles. The zero-order valence-electron chi connectivity index (χ0n) is 12.1. The molecular formula is C16H20BrNOS. The third-order valence-corrected chi connectivity index (χ3v) is 5.33. The predicted molar refractivity (Wildman–Crippen MR) is 88.4 cm³/mol. The summed E-state index contributed by atoms with van der Waals surface area (Å²) in [7, 11) is 0. The van der Waals surface area contributed by atoms with Crippen LogP contribution in [-0.2, 0) is 0 Å². The van der Waals surface area contributed by atoms with Crippen LogP contribution in [0.15, 0.2) is 49.2 Å². The van der Waals surface area contributed by atoms with Crippen molar-refractivity contribution in [1.29, 1.82) is 0 Å². The van der Waals surface area contributed by atoms with Crippen LogP contribution in [0, 0.1) is 6.92 Å². The van der Waals surface area contributed by atoms with Crippen molar-refractivity contribution < 1.29 is 4.42 Å². The molecule has 1 unspecified atom stereocenters. The lowest BCUT2D eigenvalue weighted by Crippen LogP contribution is -2.19. The van der Waals surface area contributed by atoms with E-state index in [2.05, 4.69) is 53.3 Å². The van der Waals surface area contributed by atoms with Gasteiger partial charge in [-0.15, -0.1) is 0 Å². The minimum absolute atomic E-state index is 0.376. The Morgan fingerprint density at radius 3 is 2.70 bits per heavy atom. The highest BCUT2D eigenvalue weighted by atomic mass is 79.9. The molecule has 0 bridgehead atoms. The third kappa shape index (κ3) is 3.90. The van der Waals surface area contributed by atoms with Crippen LogP contribution in [-0.4, -0.2) is 6.54 Å². The van der Waals surface area contributed by atoms with Gasteiger partial charge in [0.1, 0.15) is 5.76 Å². The van der Waals surface area contributed by atoms with E-state index in [1.54, 1.807) is 18.0 Å². The minimum Gasteiger partial charge on any atom is -0.468 e. The van der Waals surface area contributed by atoms with E-state index in [1.807, 2.05) is 13.0 Å². The zero-order valence-corrected chi connectivity index (χ0v) is 14.5. The first kappa shape index (κ1) is 15.7. The molecule has 108 valence electrons. The summed E-state index contributed by atoms with van der Waals surface area (Å²) in [6, 6.07) is 8.94. The van der Waals surface area contributed by atoms with Gasteiger partial charge in [-0.3, -0.25) is 0 Å². The molecule has 1 aromatic heterocycles. The number of rotatable bonds is 6. The van der Waals surface area contributed by atoms with Crippen LogP contribution in [0.2, 0.25) is 0 Å². The molecule has 0 aliphatic carbocycles. The average Bonchev–Trinajstić information content (AvgIpc) is 2.84. The molecule has 1 atom stereocenters.